The minimum Gasteiger partial charge on any atom is -0.373 e. The minimum absolute atomic E-state index is 0.0930. The van der Waals surface area contributed by atoms with Crippen LogP contribution in [-0.4, -0.2) is 15.1 Å². The summed E-state index contributed by atoms with van der Waals surface area (Å²) in [7, 11) is 0. The van der Waals surface area contributed by atoms with Crippen LogP contribution in [0.15, 0.2) is 27.5 Å². The molecule has 0 aliphatic carbocycles. The molecule has 0 aliphatic heterocycles. The van der Waals surface area contributed by atoms with Crippen LogP contribution in [0, 0.1) is 17.0 Å². The van der Waals surface area contributed by atoms with Gasteiger partial charge in [0.05, 0.1) is 15.9 Å². The molecular formula is C10H9BrN4O3. The lowest BCUT2D eigenvalue weighted by Crippen LogP contribution is -2.04. The average molecular weight is 313 g/mol. The van der Waals surface area contributed by atoms with Crippen LogP contribution in [0.4, 0.5) is 11.4 Å². The Balaban J connectivity index is 2.20. The van der Waals surface area contributed by atoms with Crippen molar-refractivity contribution in [3.8, 4) is 0 Å². The average Bonchev–Trinajstić information content (AvgIpc) is 2.73. The van der Waals surface area contributed by atoms with Gasteiger partial charge in [0.25, 0.3) is 0 Å². The Labute approximate surface area is 110 Å². The topological polar surface area (TPSA) is 94.1 Å². The van der Waals surface area contributed by atoms with E-state index in [9.17, 15) is 10.1 Å². The summed E-state index contributed by atoms with van der Waals surface area (Å²) in [4.78, 5) is 14.1. The molecule has 0 fully saturated rings. The summed E-state index contributed by atoms with van der Waals surface area (Å²) in [5.41, 5.74) is 0.950. The molecule has 0 atom stereocenters. The second-order valence-corrected chi connectivity index (χ2v) is 4.41. The van der Waals surface area contributed by atoms with Crippen molar-refractivity contribution < 1.29 is 9.45 Å². The fourth-order valence-corrected chi connectivity index (χ4v) is 1.88. The van der Waals surface area contributed by atoms with Crippen LogP contribution in [0.2, 0.25) is 0 Å². The van der Waals surface area contributed by atoms with E-state index in [0.29, 0.717) is 28.2 Å². The quantitative estimate of drug-likeness (QED) is 0.689. The van der Waals surface area contributed by atoms with Gasteiger partial charge in [-0.15, -0.1) is 0 Å². The van der Waals surface area contributed by atoms with Crippen molar-refractivity contribution in [2.45, 2.75) is 13.5 Å². The van der Waals surface area contributed by atoms with Gasteiger partial charge in [0.1, 0.15) is 23.3 Å². The van der Waals surface area contributed by atoms with Gasteiger partial charge in [0.15, 0.2) is 0 Å². The highest BCUT2D eigenvalue weighted by atomic mass is 79.9. The predicted molar refractivity (Wildman–Crippen MR) is 67.2 cm³/mol. The zero-order valence-corrected chi connectivity index (χ0v) is 11.0. The van der Waals surface area contributed by atoms with E-state index in [4.69, 9.17) is 4.52 Å². The van der Waals surface area contributed by atoms with E-state index < -0.39 is 4.92 Å². The van der Waals surface area contributed by atoms with Gasteiger partial charge >= 0.3 is 5.69 Å². The van der Waals surface area contributed by atoms with Crippen LogP contribution in [0.3, 0.4) is 0 Å². The highest BCUT2D eigenvalue weighted by Gasteiger charge is 2.17. The molecule has 0 saturated heterocycles. The molecule has 0 radical (unpaired) electrons. The fraction of sp³-hybridized carbons (Fsp3) is 0.200. The van der Waals surface area contributed by atoms with Gasteiger partial charge in [-0.3, -0.25) is 15.1 Å². The van der Waals surface area contributed by atoms with Crippen molar-refractivity contribution in [1.29, 1.82) is 0 Å². The Hall–Kier alpha value is -1.96. The number of nitro groups is 1. The first-order valence-electron chi connectivity index (χ1n) is 5.02. The van der Waals surface area contributed by atoms with E-state index in [0.717, 1.165) is 0 Å². The Morgan fingerprint density at radius 2 is 2.33 bits per heavy atom. The summed E-state index contributed by atoms with van der Waals surface area (Å²) in [6, 6.07) is 1.76. The Bertz CT molecular complexity index is 584. The summed E-state index contributed by atoms with van der Waals surface area (Å²) >= 11 is 3.22. The Morgan fingerprint density at radius 1 is 1.56 bits per heavy atom. The van der Waals surface area contributed by atoms with Crippen LogP contribution in [0.1, 0.15) is 11.5 Å². The molecule has 8 heteroatoms. The van der Waals surface area contributed by atoms with E-state index in [1.54, 1.807) is 13.0 Å². The van der Waals surface area contributed by atoms with Crippen LogP contribution in [0.25, 0.3) is 0 Å². The third-order valence-corrected chi connectivity index (χ3v) is 2.80. The third kappa shape index (κ3) is 2.65. The lowest BCUT2D eigenvalue weighted by Gasteiger charge is -2.06. The maximum Gasteiger partial charge on any atom is 0.311 e. The normalized spacial score (nSPS) is 10.3. The number of halogens is 1. The van der Waals surface area contributed by atoms with Crippen molar-refractivity contribution in [2.24, 2.45) is 0 Å². The molecule has 0 aromatic carbocycles. The Morgan fingerprint density at radius 3 is 2.94 bits per heavy atom. The van der Waals surface area contributed by atoms with Crippen molar-refractivity contribution in [3.05, 3.63) is 44.5 Å². The summed E-state index contributed by atoms with van der Waals surface area (Å²) < 4.78 is 5.44. The second kappa shape index (κ2) is 5.13. The van der Waals surface area contributed by atoms with Gasteiger partial charge in [0.2, 0.25) is 0 Å². The van der Waals surface area contributed by atoms with Gasteiger partial charge in [0, 0.05) is 12.3 Å². The Kier molecular flexibility index (Phi) is 3.56. The number of hydrogen-bond acceptors (Lipinski definition) is 6. The maximum atomic E-state index is 10.9. The molecule has 0 bridgehead atoms. The summed E-state index contributed by atoms with van der Waals surface area (Å²) in [6.07, 6.45) is 2.69. The van der Waals surface area contributed by atoms with Crippen molar-refractivity contribution in [3.63, 3.8) is 0 Å². The first kappa shape index (κ1) is 12.5. The highest BCUT2D eigenvalue weighted by molar-refractivity contribution is 9.10. The van der Waals surface area contributed by atoms with Crippen molar-refractivity contribution in [2.75, 3.05) is 5.32 Å². The van der Waals surface area contributed by atoms with E-state index >= 15 is 0 Å². The monoisotopic (exact) mass is 312 g/mol. The highest BCUT2D eigenvalue weighted by Crippen LogP contribution is 2.31. The van der Waals surface area contributed by atoms with E-state index in [1.807, 2.05) is 0 Å². The number of pyridine rings is 1. The van der Waals surface area contributed by atoms with E-state index in [1.165, 1.54) is 12.4 Å². The first-order valence-corrected chi connectivity index (χ1v) is 5.81. The number of hydrogen-bond donors (Lipinski definition) is 1. The number of anilines is 1. The minimum atomic E-state index is -0.492. The number of nitrogens with zero attached hydrogens (tertiary/aromatic N) is 3. The van der Waals surface area contributed by atoms with Gasteiger partial charge in [-0.2, -0.15) is 0 Å². The zero-order valence-electron chi connectivity index (χ0n) is 9.38. The molecule has 0 spiro atoms. The largest absolute Gasteiger partial charge is 0.373 e. The molecule has 94 valence electrons. The maximum absolute atomic E-state index is 10.9. The molecule has 2 aromatic rings. The van der Waals surface area contributed by atoms with Crippen molar-refractivity contribution in [1.82, 2.24) is 10.1 Å². The van der Waals surface area contributed by atoms with E-state index in [-0.39, 0.29) is 5.69 Å². The van der Waals surface area contributed by atoms with Gasteiger partial charge < -0.3 is 9.84 Å². The van der Waals surface area contributed by atoms with Crippen LogP contribution in [0.5, 0.6) is 0 Å². The number of rotatable bonds is 4. The molecule has 1 N–H and O–H groups in total. The summed E-state index contributed by atoms with van der Waals surface area (Å²) in [6.45, 7) is 2.11. The summed E-state index contributed by atoms with van der Waals surface area (Å²) in [5.74, 6) is 0.690. The molecule has 2 aromatic heterocycles. The predicted octanol–water partition coefficient (Wildman–Crippen LogP) is 2.66. The number of aryl methyl sites for hydroxylation is 1. The lowest BCUT2D eigenvalue weighted by atomic mass is 10.3. The fourth-order valence-electron chi connectivity index (χ4n) is 1.42. The van der Waals surface area contributed by atoms with Crippen LogP contribution in [-0.2, 0) is 6.54 Å². The van der Waals surface area contributed by atoms with E-state index in [2.05, 4.69) is 31.4 Å². The van der Waals surface area contributed by atoms with Crippen LogP contribution >= 0.6 is 15.9 Å². The number of nitrogens with one attached hydrogen (secondary N) is 1. The first-order chi connectivity index (χ1) is 8.58. The molecule has 7 nitrogen and oxygen atoms in total. The van der Waals surface area contributed by atoms with Gasteiger partial charge in [-0.1, -0.05) is 5.16 Å². The molecular weight excluding hydrogens is 304 g/mol. The molecule has 0 unspecified atom stereocenters. The molecule has 0 aliphatic rings. The molecule has 2 rings (SSSR count). The SMILES string of the molecule is Cc1cc(CNc2c(Br)cncc2[N+](=O)[O-])no1. The van der Waals surface area contributed by atoms with Crippen molar-refractivity contribution >= 4 is 27.3 Å². The molecule has 0 amide bonds. The lowest BCUT2D eigenvalue weighted by molar-refractivity contribution is -0.384. The molecule has 18 heavy (non-hydrogen) atoms. The molecule has 2 heterocycles. The van der Waals surface area contributed by atoms with Gasteiger partial charge in [-0.25, -0.2) is 0 Å². The second-order valence-electron chi connectivity index (χ2n) is 3.56. The number of aromatic nitrogens is 2. The summed E-state index contributed by atoms with van der Waals surface area (Å²) in [5, 5.41) is 17.6. The zero-order chi connectivity index (χ0) is 13.1. The van der Waals surface area contributed by atoms with Gasteiger partial charge in [-0.05, 0) is 22.9 Å². The van der Waals surface area contributed by atoms with Crippen LogP contribution < -0.4 is 5.32 Å². The third-order valence-electron chi connectivity index (χ3n) is 2.20. The standard InChI is InChI=1S/C10H9BrN4O3/c1-6-2-7(14-18-6)3-13-10-8(11)4-12-5-9(10)15(16)17/h2,4-5H,3H2,1H3,(H,12,13). The molecule has 0 saturated carbocycles. The smallest absolute Gasteiger partial charge is 0.311 e.